The van der Waals surface area contributed by atoms with Gasteiger partial charge in [0.15, 0.2) is 0 Å². The maximum Gasteiger partial charge on any atom is 0.131 e. The van der Waals surface area contributed by atoms with E-state index in [4.69, 9.17) is 9.47 Å². The minimum atomic E-state index is -0.202. The summed E-state index contributed by atoms with van der Waals surface area (Å²) in [4.78, 5) is 0. The number of benzene rings is 1. The number of rotatable bonds is 1. The number of fused-ring (bicyclic) bond motifs is 3. The van der Waals surface area contributed by atoms with Crippen molar-refractivity contribution in [2.75, 3.05) is 7.11 Å². The van der Waals surface area contributed by atoms with Crippen LogP contribution in [-0.2, 0) is 12.8 Å². The zero-order valence-corrected chi connectivity index (χ0v) is 11.4. The molecule has 3 rings (SSSR count). The molecule has 0 bridgehead atoms. The lowest BCUT2D eigenvalue weighted by Gasteiger charge is -2.32. The van der Waals surface area contributed by atoms with Crippen LogP contribution in [0.3, 0.4) is 0 Å². The topological polar surface area (TPSA) is 18.5 Å². The predicted molar refractivity (Wildman–Crippen MR) is 73.4 cm³/mol. The predicted octanol–water partition coefficient (Wildman–Crippen LogP) is 3.76. The van der Waals surface area contributed by atoms with Crippen molar-refractivity contribution in [3.63, 3.8) is 0 Å². The van der Waals surface area contributed by atoms with Crippen LogP contribution in [-0.4, -0.2) is 12.7 Å². The molecule has 1 aromatic rings. The molecular formula is C16H20O2. The van der Waals surface area contributed by atoms with E-state index < -0.39 is 0 Å². The van der Waals surface area contributed by atoms with Crippen LogP contribution in [0.1, 0.15) is 43.4 Å². The molecule has 18 heavy (non-hydrogen) atoms. The molecule has 0 saturated carbocycles. The second-order valence-corrected chi connectivity index (χ2v) is 5.70. The highest BCUT2D eigenvalue weighted by Crippen LogP contribution is 2.43. The minimum absolute atomic E-state index is 0.202. The van der Waals surface area contributed by atoms with E-state index in [9.17, 15) is 0 Å². The third-order valence-electron chi connectivity index (χ3n) is 3.84. The van der Waals surface area contributed by atoms with Crippen molar-refractivity contribution in [1.82, 2.24) is 0 Å². The van der Waals surface area contributed by atoms with Crippen molar-refractivity contribution in [2.45, 2.75) is 45.1 Å². The molecule has 96 valence electrons. The number of hydrogen-bond acceptors (Lipinski definition) is 2. The fourth-order valence-corrected chi connectivity index (χ4v) is 2.91. The lowest BCUT2D eigenvalue weighted by atomic mass is 9.87. The second-order valence-electron chi connectivity index (χ2n) is 5.70. The van der Waals surface area contributed by atoms with E-state index in [1.54, 1.807) is 7.11 Å². The van der Waals surface area contributed by atoms with Gasteiger partial charge in [-0.25, -0.2) is 0 Å². The summed E-state index contributed by atoms with van der Waals surface area (Å²) in [6.45, 7) is 4.21. The average Bonchev–Trinajstić information content (AvgIpc) is 2.37. The summed E-state index contributed by atoms with van der Waals surface area (Å²) in [6.07, 6.45) is 9.00. The van der Waals surface area contributed by atoms with Gasteiger partial charge in [0.1, 0.15) is 17.1 Å². The van der Waals surface area contributed by atoms with Crippen LogP contribution in [0.15, 0.2) is 12.1 Å². The van der Waals surface area contributed by atoms with Crippen LogP contribution in [0.25, 0.3) is 6.08 Å². The van der Waals surface area contributed by atoms with Crippen molar-refractivity contribution in [1.29, 1.82) is 0 Å². The molecule has 2 heteroatoms. The molecule has 0 spiro atoms. The average molecular weight is 244 g/mol. The summed E-state index contributed by atoms with van der Waals surface area (Å²) in [5.41, 5.74) is 3.68. The Morgan fingerprint density at radius 1 is 1.17 bits per heavy atom. The summed E-state index contributed by atoms with van der Waals surface area (Å²) in [7, 11) is 1.76. The lowest BCUT2D eigenvalue weighted by molar-refractivity contribution is 0.156. The normalized spacial score (nSPS) is 19.7. The van der Waals surface area contributed by atoms with Gasteiger partial charge in [-0.3, -0.25) is 0 Å². The van der Waals surface area contributed by atoms with Crippen molar-refractivity contribution in [3.05, 3.63) is 28.8 Å². The summed E-state index contributed by atoms with van der Waals surface area (Å²) < 4.78 is 11.7. The Hall–Kier alpha value is -1.44. The zero-order valence-electron chi connectivity index (χ0n) is 11.4. The van der Waals surface area contributed by atoms with Gasteiger partial charge in [-0.15, -0.1) is 0 Å². The molecule has 1 aliphatic carbocycles. The van der Waals surface area contributed by atoms with Gasteiger partial charge in [0.25, 0.3) is 0 Å². The van der Waals surface area contributed by atoms with Gasteiger partial charge >= 0.3 is 0 Å². The van der Waals surface area contributed by atoms with Gasteiger partial charge < -0.3 is 9.47 Å². The van der Waals surface area contributed by atoms with E-state index in [1.807, 2.05) is 0 Å². The van der Waals surface area contributed by atoms with Gasteiger partial charge in [-0.2, -0.15) is 0 Å². The molecule has 2 aliphatic rings. The van der Waals surface area contributed by atoms with Gasteiger partial charge in [-0.05, 0) is 51.7 Å². The van der Waals surface area contributed by atoms with E-state index >= 15 is 0 Å². The van der Waals surface area contributed by atoms with Crippen LogP contribution < -0.4 is 9.47 Å². The third-order valence-corrected chi connectivity index (χ3v) is 3.84. The molecule has 0 amide bonds. The Bertz CT molecular complexity index is 512. The van der Waals surface area contributed by atoms with Crippen LogP contribution in [0.4, 0.5) is 0 Å². The quantitative estimate of drug-likeness (QED) is 0.749. The molecule has 1 heterocycles. The molecule has 0 aromatic heterocycles. The first-order chi connectivity index (χ1) is 8.61. The molecule has 0 fully saturated rings. The Kier molecular flexibility index (Phi) is 2.61. The monoisotopic (exact) mass is 244 g/mol. The van der Waals surface area contributed by atoms with Crippen LogP contribution in [0.5, 0.6) is 11.5 Å². The number of ether oxygens (including phenoxy) is 2. The van der Waals surface area contributed by atoms with Crippen LogP contribution in [0.2, 0.25) is 0 Å². The van der Waals surface area contributed by atoms with Crippen molar-refractivity contribution in [2.24, 2.45) is 0 Å². The lowest BCUT2D eigenvalue weighted by Crippen LogP contribution is -2.28. The molecule has 2 nitrogen and oxygen atoms in total. The van der Waals surface area contributed by atoms with Gasteiger partial charge in [0, 0.05) is 16.7 Å². The van der Waals surface area contributed by atoms with Gasteiger partial charge in [0.2, 0.25) is 0 Å². The van der Waals surface area contributed by atoms with Crippen molar-refractivity contribution in [3.8, 4) is 11.5 Å². The first kappa shape index (κ1) is 11.6. The molecular weight excluding hydrogens is 224 g/mol. The summed E-state index contributed by atoms with van der Waals surface area (Å²) in [5, 5.41) is 0. The molecule has 0 unspecified atom stereocenters. The Labute approximate surface area is 109 Å². The van der Waals surface area contributed by atoms with Crippen LogP contribution in [0, 0.1) is 0 Å². The first-order valence-electron chi connectivity index (χ1n) is 6.72. The number of hydrogen-bond donors (Lipinski definition) is 0. The van der Waals surface area contributed by atoms with Gasteiger partial charge in [-0.1, -0.05) is 6.08 Å². The Morgan fingerprint density at radius 3 is 2.61 bits per heavy atom. The SMILES string of the molecule is COc1cc2c(c3c1CCCC3)OC(C)(C)C=C2. The number of methoxy groups -OCH3 is 1. The fourth-order valence-electron chi connectivity index (χ4n) is 2.91. The van der Waals surface area contributed by atoms with E-state index in [2.05, 4.69) is 32.1 Å². The maximum absolute atomic E-state index is 6.17. The van der Waals surface area contributed by atoms with E-state index in [1.165, 1.54) is 24.0 Å². The van der Waals surface area contributed by atoms with Crippen LogP contribution >= 0.6 is 0 Å². The largest absolute Gasteiger partial charge is 0.496 e. The Balaban J connectivity index is 2.19. The molecule has 0 N–H and O–H groups in total. The maximum atomic E-state index is 6.17. The molecule has 0 radical (unpaired) electrons. The standard InChI is InChI=1S/C16H20O2/c1-16(2)9-8-11-10-14(17-3)12-6-4-5-7-13(12)15(11)18-16/h8-10H,4-7H2,1-3H3. The highest BCUT2D eigenvalue weighted by molar-refractivity contribution is 5.68. The van der Waals surface area contributed by atoms with E-state index in [-0.39, 0.29) is 5.60 Å². The van der Waals surface area contributed by atoms with E-state index in [0.717, 1.165) is 29.9 Å². The van der Waals surface area contributed by atoms with Crippen molar-refractivity contribution >= 4 is 6.08 Å². The summed E-state index contributed by atoms with van der Waals surface area (Å²) in [5.74, 6) is 2.11. The van der Waals surface area contributed by atoms with E-state index in [0.29, 0.717) is 0 Å². The van der Waals surface area contributed by atoms with Gasteiger partial charge in [0.05, 0.1) is 7.11 Å². The zero-order chi connectivity index (χ0) is 12.8. The molecule has 1 aliphatic heterocycles. The van der Waals surface area contributed by atoms with Crippen molar-refractivity contribution < 1.29 is 9.47 Å². The molecule has 0 atom stereocenters. The summed E-state index contributed by atoms with van der Waals surface area (Å²) in [6, 6.07) is 2.12. The second kappa shape index (κ2) is 4.04. The molecule has 0 saturated heterocycles. The third kappa shape index (κ3) is 1.80. The smallest absolute Gasteiger partial charge is 0.131 e. The Morgan fingerprint density at radius 2 is 1.89 bits per heavy atom. The summed E-state index contributed by atoms with van der Waals surface area (Å²) >= 11 is 0. The minimum Gasteiger partial charge on any atom is -0.496 e. The highest BCUT2D eigenvalue weighted by atomic mass is 16.5. The fraction of sp³-hybridized carbons (Fsp3) is 0.500. The highest BCUT2D eigenvalue weighted by Gasteiger charge is 2.28. The molecule has 1 aromatic carbocycles. The first-order valence-corrected chi connectivity index (χ1v) is 6.72.